The minimum atomic E-state index is -6.40. The number of anilines is 3. The third-order valence-corrected chi connectivity index (χ3v) is 10.1. The molecule has 0 spiro atoms. The predicted molar refractivity (Wildman–Crippen MR) is 197 cm³/mol. The van der Waals surface area contributed by atoms with Crippen molar-refractivity contribution in [2.45, 2.75) is 36.0 Å². The van der Waals surface area contributed by atoms with Crippen molar-refractivity contribution in [2.75, 3.05) is 29.6 Å². The highest BCUT2D eigenvalue weighted by molar-refractivity contribution is 9.11. The highest BCUT2D eigenvalue weighted by Crippen LogP contribution is 2.56. The van der Waals surface area contributed by atoms with Gasteiger partial charge in [0.2, 0.25) is 5.82 Å². The lowest BCUT2D eigenvalue weighted by atomic mass is 9.94. The van der Waals surface area contributed by atoms with Crippen molar-refractivity contribution in [3.63, 3.8) is 0 Å². The van der Waals surface area contributed by atoms with Crippen LogP contribution in [0.3, 0.4) is 0 Å². The van der Waals surface area contributed by atoms with Crippen molar-refractivity contribution < 1.29 is 84.8 Å². The van der Waals surface area contributed by atoms with Crippen molar-refractivity contribution in [1.29, 1.82) is 0 Å². The normalized spacial score (nSPS) is 12.7. The van der Waals surface area contributed by atoms with Gasteiger partial charge in [-0.3, -0.25) is 19.7 Å². The largest absolute Gasteiger partial charge is 0.435 e. The number of nitrogen functional groups attached to an aromatic ring is 1. The summed E-state index contributed by atoms with van der Waals surface area (Å²) in [6.45, 7) is 0. The van der Waals surface area contributed by atoms with Gasteiger partial charge in [-0.25, -0.2) is 13.2 Å². The maximum absolute atomic E-state index is 14.3. The molecule has 4 rings (SSSR count). The summed E-state index contributed by atoms with van der Waals surface area (Å²) in [6.07, 6.45) is -25.5. The first-order valence-corrected chi connectivity index (χ1v) is 18.0. The maximum atomic E-state index is 14.3. The number of amides is 2. The number of nitrogens with zero attached hydrogens (tertiary/aromatic N) is 3. The Bertz CT molecular complexity index is 2340. The number of carbonyl (C=O) groups is 2. The Morgan fingerprint density at radius 3 is 1.24 bits per heavy atom. The summed E-state index contributed by atoms with van der Waals surface area (Å²) >= 11 is 16.9. The first-order chi connectivity index (χ1) is 28.0. The summed E-state index contributed by atoms with van der Waals surface area (Å²) < 4.78 is 211. The number of hydrogen-bond donors (Lipinski definition) is 1. The van der Waals surface area contributed by atoms with Crippen LogP contribution in [0.5, 0.6) is 0 Å². The van der Waals surface area contributed by atoms with Gasteiger partial charge in [-0.15, -0.1) is 0 Å². The van der Waals surface area contributed by atoms with Gasteiger partial charge in [0.25, 0.3) is 11.8 Å². The van der Waals surface area contributed by atoms with Gasteiger partial charge in [-0.05, 0) is 74.3 Å². The molecule has 0 aliphatic heterocycles. The van der Waals surface area contributed by atoms with Crippen molar-refractivity contribution in [3.05, 3.63) is 124 Å². The van der Waals surface area contributed by atoms with Gasteiger partial charge >= 0.3 is 41.7 Å². The molecule has 0 heterocycles. The SMILES string of the molecule is CN(C(=O)c1cccc(N)c1F)c1c(Cl)cc(C(F)(C(F)(F)F)C(F)(F)F)cc1Br.CN(C(=O)c1cccc([N+](=O)[O-])c1F)c1c(Cl)cc(C(F)(C(F)(F)F)C(F)(F)F)cc1Br. The van der Waals surface area contributed by atoms with Crippen molar-refractivity contribution in [3.8, 4) is 0 Å². The fourth-order valence-electron chi connectivity index (χ4n) is 5.25. The summed E-state index contributed by atoms with van der Waals surface area (Å²) in [4.78, 5) is 36.0. The van der Waals surface area contributed by atoms with Crippen LogP contribution in [0, 0.1) is 21.7 Å². The predicted octanol–water partition coefficient (Wildman–Crippen LogP) is 13.1. The molecule has 2 amide bonds. The molecule has 0 radical (unpaired) electrons. The molecule has 0 aromatic heterocycles. The molecule has 0 aliphatic carbocycles. The summed E-state index contributed by atoms with van der Waals surface area (Å²) in [6, 6.07) is 6.51. The second-order valence-corrected chi connectivity index (χ2v) is 14.7. The van der Waals surface area contributed by atoms with Gasteiger partial charge in [-0.1, -0.05) is 35.3 Å². The number of nitro benzene ring substituents is 1. The molecule has 0 saturated heterocycles. The number of carbonyl (C=O) groups excluding carboxylic acids is 2. The van der Waals surface area contributed by atoms with Crippen LogP contribution >= 0.6 is 55.1 Å². The number of hydrogen-bond acceptors (Lipinski definition) is 5. The lowest BCUT2D eigenvalue weighted by Gasteiger charge is -2.31. The van der Waals surface area contributed by atoms with Gasteiger partial charge < -0.3 is 15.5 Å². The van der Waals surface area contributed by atoms with E-state index in [2.05, 4.69) is 31.9 Å². The van der Waals surface area contributed by atoms with E-state index in [9.17, 15) is 90.0 Å². The zero-order valence-electron chi connectivity index (χ0n) is 29.9. The zero-order valence-corrected chi connectivity index (χ0v) is 34.6. The van der Waals surface area contributed by atoms with Crippen LogP contribution in [0.1, 0.15) is 31.8 Å². The first kappa shape index (κ1) is 51.8. The molecular weight excluding hydrogens is 1060 g/mol. The first-order valence-electron chi connectivity index (χ1n) is 15.7. The second kappa shape index (κ2) is 17.9. The molecule has 8 nitrogen and oxygen atoms in total. The lowest BCUT2D eigenvalue weighted by molar-refractivity contribution is -0.387. The van der Waals surface area contributed by atoms with Crippen LogP contribution < -0.4 is 15.5 Å². The van der Waals surface area contributed by atoms with E-state index in [0.29, 0.717) is 9.80 Å². The van der Waals surface area contributed by atoms with E-state index in [0.717, 1.165) is 38.4 Å². The van der Waals surface area contributed by atoms with Gasteiger partial charge in [0.15, 0.2) is 5.82 Å². The highest BCUT2D eigenvalue weighted by atomic mass is 79.9. The standard InChI is InChI=1S/C17H8BrClF8N2O3.C17H10BrClF8N2O/c1-28(14(30)8-3-2-4-11(12(8)20)29(31)32)13-9(18)5-7(6-10(13)19)15(21,16(22,23)24)17(25,26)27;1-29(14(30)8-3-2-4-11(28)12(8)20)13-9(18)5-7(6-10(13)19)15(21,16(22,23)24)17(25,26)27/h2-6H,1H3;2-6H,28H2,1H3. The van der Waals surface area contributed by atoms with E-state index in [1.54, 1.807) is 0 Å². The van der Waals surface area contributed by atoms with Crippen LogP contribution in [0.4, 0.5) is 93.0 Å². The van der Waals surface area contributed by atoms with Crippen LogP contribution in [-0.4, -0.2) is 55.5 Å². The molecule has 28 heteroatoms. The fraction of sp³-hybridized carbons (Fsp3) is 0.235. The number of halogens is 20. The monoisotopic (exact) mass is 1080 g/mol. The third kappa shape index (κ3) is 9.51. The zero-order chi connectivity index (χ0) is 48.0. The molecule has 0 unspecified atom stereocenters. The molecule has 62 heavy (non-hydrogen) atoms. The molecule has 0 aliphatic rings. The van der Waals surface area contributed by atoms with E-state index in [-0.39, 0.29) is 30.0 Å². The topological polar surface area (TPSA) is 110 Å². The molecule has 4 aromatic carbocycles. The summed E-state index contributed by atoms with van der Waals surface area (Å²) in [7, 11) is 1.95. The minimum Gasteiger partial charge on any atom is -0.396 e. The van der Waals surface area contributed by atoms with Crippen molar-refractivity contribution in [1.82, 2.24) is 0 Å². The molecule has 338 valence electrons. The van der Waals surface area contributed by atoms with Gasteiger partial charge in [0, 0.05) is 40.2 Å². The highest BCUT2D eigenvalue weighted by Gasteiger charge is 2.74. The van der Waals surface area contributed by atoms with Crippen molar-refractivity contribution in [2.24, 2.45) is 0 Å². The molecule has 2 N–H and O–H groups in total. The fourth-order valence-corrected chi connectivity index (χ4v) is 7.62. The molecular formula is C34H18Br2Cl2F16N4O4. The van der Waals surface area contributed by atoms with E-state index >= 15 is 0 Å². The molecule has 0 bridgehead atoms. The lowest BCUT2D eigenvalue weighted by Crippen LogP contribution is -2.50. The summed E-state index contributed by atoms with van der Waals surface area (Å²) in [5, 5.41) is 9.08. The Balaban J connectivity index is 0.000000331. The number of benzene rings is 4. The Labute approximate surface area is 362 Å². The second-order valence-electron chi connectivity index (χ2n) is 12.2. The van der Waals surface area contributed by atoms with Gasteiger partial charge in [-0.2, -0.15) is 57.1 Å². The van der Waals surface area contributed by atoms with Crippen molar-refractivity contribution >= 4 is 89.6 Å². The molecule has 0 atom stereocenters. The van der Waals surface area contributed by atoms with Gasteiger partial charge in [0.1, 0.15) is 0 Å². The quantitative estimate of drug-likeness (QED) is 0.0858. The number of nitro groups is 1. The van der Waals surface area contributed by atoms with Crippen LogP contribution in [-0.2, 0) is 11.3 Å². The smallest absolute Gasteiger partial charge is 0.396 e. The van der Waals surface area contributed by atoms with Crippen LogP contribution in [0.2, 0.25) is 10.0 Å². The molecule has 0 saturated carbocycles. The molecule has 4 aromatic rings. The Morgan fingerprint density at radius 2 is 0.935 bits per heavy atom. The van der Waals surface area contributed by atoms with E-state index in [1.165, 1.54) is 12.1 Å². The van der Waals surface area contributed by atoms with Crippen LogP contribution in [0.25, 0.3) is 0 Å². The van der Waals surface area contributed by atoms with Gasteiger partial charge in [0.05, 0.1) is 43.2 Å². The van der Waals surface area contributed by atoms with E-state index in [1.807, 2.05) is 0 Å². The summed E-state index contributed by atoms with van der Waals surface area (Å²) in [5.41, 5.74) is -13.6. The minimum absolute atomic E-state index is 0.0240. The average molecular weight is 1080 g/mol. The van der Waals surface area contributed by atoms with E-state index < -0.39 is 123 Å². The Morgan fingerprint density at radius 1 is 0.613 bits per heavy atom. The third-order valence-electron chi connectivity index (χ3n) is 8.34. The van der Waals surface area contributed by atoms with E-state index in [4.69, 9.17) is 28.9 Å². The Hall–Kier alpha value is -4.56. The number of rotatable bonds is 7. The number of nitrogens with two attached hydrogens (primary N) is 1. The number of alkyl halides is 14. The maximum Gasteiger partial charge on any atom is 0.435 e. The Kier molecular flexibility index (Phi) is 15.0. The summed E-state index contributed by atoms with van der Waals surface area (Å²) in [5.74, 6) is -4.96. The van der Waals surface area contributed by atoms with Crippen LogP contribution in [0.15, 0.2) is 69.6 Å². The average Bonchev–Trinajstić information content (AvgIpc) is 3.12. The molecule has 0 fully saturated rings.